The van der Waals surface area contributed by atoms with Crippen molar-refractivity contribution in [2.24, 2.45) is 0 Å². The van der Waals surface area contributed by atoms with Crippen LogP contribution in [0.5, 0.6) is 0 Å². The van der Waals surface area contributed by atoms with Gasteiger partial charge in [-0.05, 0) is 24.6 Å². The zero-order valence-electron chi connectivity index (χ0n) is 11.1. The molecule has 1 rings (SSSR count). The molecule has 0 aliphatic heterocycles. The molecule has 0 saturated heterocycles. The summed E-state index contributed by atoms with van der Waals surface area (Å²) >= 11 is 0. The number of anilines is 1. The van der Waals surface area contributed by atoms with Gasteiger partial charge in [-0.3, -0.25) is 9.59 Å². The number of carbonyl (C=O) groups is 2. The molecule has 0 aliphatic carbocycles. The number of hydrogen-bond acceptors (Lipinski definition) is 3. The third kappa shape index (κ3) is 6.84. The van der Waals surface area contributed by atoms with E-state index in [1.807, 2.05) is 0 Å². The van der Waals surface area contributed by atoms with Crippen molar-refractivity contribution in [3.05, 3.63) is 29.3 Å². The summed E-state index contributed by atoms with van der Waals surface area (Å²) in [7, 11) is 0. The zero-order valence-corrected chi connectivity index (χ0v) is 11.9. The normalized spacial score (nSPS) is 10.5. The van der Waals surface area contributed by atoms with E-state index in [1.54, 1.807) is 24.4 Å². The standard InChI is InChI=1S/C12H14F3N3O2.ClH/c1-7-2-3-8(16)4-9(7)11(20)17-5-10(19)18-6-12(13,14)15;/h2-4H,5-6,16H2,1H3,(H,17,20)(H,18,19);1H. The average Bonchev–Trinajstić information content (AvgIpc) is 2.35. The fourth-order valence-corrected chi connectivity index (χ4v) is 1.40. The summed E-state index contributed by atoms with van der Waals surface area (Å²) in [5.41, 5.74) is 6.83. The molecule has 0 aromatic heterocycles. The van der Waals surface area contributed by atoms with Crippen LogP contribution in [0.3, 0.4) is 0 Å². The van der Waals surface area contributed by atoms with Gasteiger partial charge in [0, 0.05) is 11.3 Å². The Kier molecular flexibility index (Phi) is 7.00. The van der Waals surface area contributed by atoms with E-state index in [1.165, 1.54) is 6.07 Å². The molecule has 0 bridgehead atoms. The molecule has 1 aromatic carbocycles. The minimum Gasteiger partial charge on any atom is -0.399 e. The first kappa shape index (κ1) is 19.0. The number of amides is 2. The van der Waals surface area contributed by atoms with Crippen molar-refractivity contribution < 1.29 is 22.8 Å². The quantitative estimate of drug-likeness (QED) is 0.732. The Morgan fingerprint density at radius 2 is 1.86 bits per heavy atom. The van der Waals surface area contributed by atoms with E-state index in [0.717, 1.165) is 0 Å². The monoisotopic (exact) mass is 325 g/mol. The lowest BCUT2D eigenvalue weighted by Crippen LogP contribution is -2.41. The number of benzene rings is 1. The summed E-state index contributed by atoms with van der Waals surface area (Å²) in [5.74, 6) is -1.49. The van der Waals surface area contributed by atoms with Crippen LogP contribution in [0.2, 0.25) is 0 Å². The Morgan fingerprint density at radius 1 is 1.24 bits per heavy atom. The minimum atomic E-state index is -4.48. The summed E-state index contributed by atoms with van der Waals surface area (Å²) in [6, 6.07) is 4.68. The first-order chi connectivity index (χ1) is 9.19. The van der Waals surface area contributed by atoms with Gasteiger partial charge in [0.05, 0.1) is 6.54 Å². The van der Waals surface area contributed by atoms with Gasteiger partial charge in [0.15, 0.2) is 0 Å². The predicted molar refractivity (Wildman–Crippen MR) is 74.2 cm³/mol. The highest BCUT2D eigenvalue weighted by Crippen LogP contribution is 2.13. The van der Waals surface area contributed by atoms with Gasteiger partial charge in [-0.2, -0.15) is 13.2 Å². The largest absolute Gasteiger partial charge is 0.405 e. The van der Waals surface area contributed by atoms with Crippen molar-refractivity contribution in [1.29, 1.82) is 0 Å². The van der Waals surface area contributed by atoms with E-state index < -0.39 is 31.1 Å². The molecule has 0 spiro atoms. The zero-order chi connectivity index (χ0) is 15.3. The second-order valence-electron chi connectivity index (χ2n) is 4.15. The number of carbonyl (C=O) groups excluding carboxylic acids is 2. The fourth-order valence-electron chi connectivity index (χ4n) is 1.40. The van der Waals surface area contributed by atoms with Gasteiger partial charge >= 0.3 is 6.18 Å². The first-order valence-corrected chi connectivity index (χ1v) is 5.67. The number of nitrogen functional groups attached to an aromatic ring is 1. The van der Waals surface area contributed by atoms with Crippen molar-refractivity contribution >= 4 is 29.9 Å². The summed E-state index contributed by atoms with van der Waals surface area (Å²) in [6.07, 6.45) is -4.48. The van der Waals surface area contributed by atoms with Crippen LogP contribution in [0.15, 0.2) is 18.2 Å². The molecule has 0 aliphatic rings. The van der Waals surface area contributed by atoms with Crippen LogP contribution in [0, 0.1) is 6.92 Å². The molecule has 0 radical (unpaired) electrons. The van der Waals surface area contributed by atoms with Crippen molar-refractivity contribution in [2.75, 3.05) is 18.8 Å². The topological polar surface area (TPSA) is 84.2 Å². The van der Waals surface area contributed by atoms with Crippen LogP contribution in [-0.2, 0) is 4.79 Å². The molecule has 4 N–H and O–H groups in total. The highest BCUT2D eigenvalue weighted by molar-refractivity contribution is 5.98. The Bertz CT molecular complexity index is 521. The number of hydrogen-bond donors (Lipinski definition) is 3. The molecule has 2 amide bonds. The van der Waals surface area contributed by atoms with E-state index >= 15 is 0 Å². The van der Waals surface area contributed by atoms with Gasteiger partial charge in [-0.1, -0.05) is 6.07 Å². The summed E-state index contributed by atoms with van der Waals surface area (Å²) in [4.78, 5) is 22.9. The van der Waals surface area contributed by atoms with Gasteiger partial charge in [-0.25, -0.2) is 0 Å². The smallest absolute Gasteiger partial charge is 0.399 e. The summed E-state index contributed by atoms with van der Waals surface area (Å²) < 4.78 is 35.6. The highest BCUT2D eigenvalue weighted by Gasteiger charge is 2.27. The Morgan fingerprint density at radius 3 is 2.43 bits per heavy atom. The average molecular weight is 326 g/mol. The van der Waals surface area contributed by atoms with E-state index in [2.05, 4.69) is 5.32 Å². The molecule has 0 saturated carbocycles. The molecule has 0 unspecified atom stereocenters. The maximum absolute atomic E-state index is 11.9. The lowest BCUT2D eigenvalue weighted by atomic mass is 10.1. The summed E-state index contributed by atoms with van der Waals surface area (Å²) in [6.45, 7) is -0.291. The molecular formula is C12H15ClF3N3O2. The minimum absolute atomic E-state index is 0. The van der Waals surface area contributed by atoms with Crippen molar-refractivity contribution in [2.45, 2.75) is 13.1 Å². The van der Waals surface area contributed by atoms with Gasteiger partial charge in [0.25, 0.3) is 5.91 Å². The van der Waals surface area contributed by atoms with Gasteiger partial charge in [-0.15, -0.1) is 12.4 Å². The maximum atomic E-state index is 11.9. The molecule has 118 valence electrons. The molecule has 1 aromatic rings. The Labute approximate surface area is 125 Å². The molecular weight excluding hydrogens is 311 g/mol. The first-order valence-electron chi connectivity index (χ1n) is 5.67. The van der Waals surface area contributed by atoms with E-state index in [4.69, 9.17) is 5.73 Å². The highest BCUT2D eigenvalue weighted by atomic mass is 35.5. The van der Waals surface area contributed by atoms with Crippen molar-refractivity contribution in [3.63, 3.8) is 0 Å². The summed E-state index contributed by atoms with van der Waals surface area (Å²) in [5, 5.41) is 3.88. The molecule has 9 heteroatoms. The van der Waals surface area contributed by atoms with Crippen LogP contribution in [0.25, 0.3) is 0 Å². The van der Waals surface area contributed by atoms with Crippen molar-refractivity contribution in [1.82, 2.24) is 10.6 Å². The van der Waals surface area contributed by atoms with Crippen LogP contribution >= 0.6 is 12.4 Å². The number of halogens is 4. The van der Waals surface area contributed by atoms with Crippen LogP contribution in [0.1, 0.15) is 15.9 Å². The van der Waals surface area contributed by atoms with Crippen LogP contribution < -0.4 is 16.4 Å². The van der Waals surface area contributed by atoms with Crippen LogP contribution in [0.4, 0.5) is 18.9 Å². The SMILES string of the molecule is Cc1ccc(N)cc1C(=O)NCC(=O)NCC(F)(F)F.Cl. The lowest BCUT2D eigenvalue weighted by Gasteiger charge is -2.10. The number of aryl methyl sites for hydroxylation is 1. The van der Waals surface area contributed by atoms with Gasteiger partial charge < -0.3 is 16.4 Å². The second kappa shape index (κ2) is 7.72. The Hall–Kier alpha value is -1.96. The lowest BCUT2D eigenvalue weighted by molar-refractivity contribution is -0.137. The van der Waals surface area contributed by atoms with E-state index in [9.17, 15) is 22.8 Å². The Balaban J connectivity index is 0.00000400. The van der Waals surface area contributed by atoms with Crippen molar-refractivity contribution in [3.8, 4) is 0 Å². The second-order valence-corrected chi connectivity index (χ2v) is 4.15. The molecule has 21 heavy (non-hydrogen) atoms. The molecule has 0 fully saturated rings. The molecule has 0 heterocycles. The van der Waals surface area contributed by atoms with Gasteiger partial charge in [0.2, 0.25) is 5.91 Å². The van der Waals surface area contributed by atoms with Gasteiger partial charge in [0.1, 0.15) is 6.54 Å². The third-order valence-electron chi connectivity index (χ3n) is 2.40. The third-order valence-corrected chi connectivity index (χ3v) is 2.40. The molecule has 0 atom stereocenters. The maximum Gasteiger partial charge on any atom is 0.405 e. The molecule has 5 nitrogen and oxygen atoms in total. The number of nitrogens with one attached hydrogen (secondary N) is 2. The number of rotatable bonds is 4. The number of nitrogens with two attached hydrogens (primary N) is 1. The number of alkyl halides is 3. The van der Waals surface area contributed by atoms with E-state index in [-0.39, 0.29) is 18.0 Å². The van der Waals surface area contributed by atoms with E-state index in [0.29, 0.717) is 11.3 Å². The predicted octanol–water partition coefficient (Wildman–Crippen LogP) is 1.41. The fraction of sp³-hybridized carbons (Fsp3) is 0.333. The van der Waals surface area contributed by atoms with Crippen LogP contribution in [-0.4, -0.2) is 31.1 Å².